The summed E-state index contributed by atoms with van der Waals surface area (Å²) in [6.45, 7) is 0. The molecular formula is C14H10F2O3. The van der Waals surface area contributed by atoms with E-state index >= 15 is 0 Å². The lowest BCUT2D eigenvalue weighted by Gasteiger charge is -2.09. The minimum atomic E-state index is -1.82. The third-order valence-electron chi connectivity index (χ3n) is 2.63. The molecule has 0 aromatic heterocycles. The number of carboxylic acid groups (broad SMARTS) is 1. The second kappa shape index (κ2) is 5.16. The van der Waals surface area contributed by atoms with Crippen LogP contribution in [0.2, 0.25) is 0 Å². The Balaban J connectivity index is 2.50. The van der Waals surface area contributed by atoms with Crippen molar-refractivity contribution in [1.82, 2.24) is 0 Å². The summed E-state index contributed by atoms with van der Waals surface area (Å²) < 4.78 is 26.5. The van der Waals surface area contributed by atoms with Gasteiger partial charge in [0.2, 0.25) is 0 Å². The van der Waals surface area contributed by atoms with Gasteiger partial charge in [0.1, 0.15) is 11.6 Å². The molecule has 5 heteroatoms. The highest BCUT2D eigenvalue weighted by molar-refractivity contribution is 5.75. The molecule has 0 spiro atoms. The van der Waals surface area contributed by atoms with Crippen LogP contribution in [0, 0.1) is 11.6 Å². The van der Waals surface area contributed by atoms with E-state index in [0.717, 1.165) is 12.1 Å². The topological polar surface area (TPSA) is 57.5 Å². The first-order valence-corrected chi connectivity index (χ1v) is 5.44. The molecule has 0 aliphatic carbocycles. The van der Waals surface area contributed by atoms with E-state index in [-0.39, 0.29) is 5.56 Å². The molecule has 19 heavy (non-hydrogen) atoms. The van der Waals surface area contributed by atoms with E-state index in [0.29, 0.717) is 11.1 Å². The van der Waals surface area contributed by atoms with E-state index in [1.54, 1.807) is 6.07 Å². The van der Waals surface area contributed by atoms with Gasteiger partial charge in [-0.1, -0.05) is 12.1 Å². The minimum absolute atomic E-state index is 0.0910. The van der Waals surface area contributed by atoms with Crippen LogP contribution in [0.3, 0.4) is 0 Å². The van der Waals surface area contributed by atoms with Gasteiger partial charge in [0.15, 0.2) is 6.10 Å². The molecule has 0 saturated heterocycles. The van der Waals surface area contributed by atoms with Crippen LogP contribution in [0.1, 0.15) is 11.7 Å². The van der Waals surface area contributed by atoms with Crippen molar-refractivity contribution in [2.24, 2.45) is 0 Å². The van der Waals surface area contributed by atoms with Crippen LogP contribution in [0.5, 0.6) is 0 Å². The molecule has 2 rings (SSSR count). The van der Waals surface area contributed by atoms with Gasteiger partial charge in [-0.15, -0.1) is 0 Å². The summed E-state index contributed by atoms with van der Waals surface area (Å²) in [6, 6.07) is 8.87. The maximum absolute atomic E-state index is 13.4. The zero-order valence-corrected chi connectivity index (χ0v) is 9.68. The van der Waals surface area contributed by atoms with E-state index < -0.39 is 23.7 Å². The number of benzene rings is 2. The molecular weight excluding hydrogens is 254 g/mol. The molecule has 1 unspecified atom stereocenters. The van der Waals surface area contributed by atoms with Crippen molar-refractivity contribution < 1.29 is 23.8 Å². The fourth-order valence-corrected chi connectivity index (χ4v) is 1.75. The summed E-state index contributed by atoms with van der Waals surface area (Å²) in [5.74, 6) is -2.66. The van der Waals surface area contributed by atoms with E-state index in [2.05, 4.69) is 0 Å². The van der Waals surface area contributed by atoms with Crippen molar-refractivity contribution >= 4 is 5.97 Å². The van der Waals surface area contributed by atoms with Crippen molar-refractivity contribution in [2.75, 3.05) is 0 Å². The van der Waals surface area contributed by atoms with Gasteiger partial charge in [-0.2, -0.15) is 0 Å². The Morgan fingerprint density at radius 3 is 2.32 bits per heavy atom. The Bertz CT molecular complexity index is 626. The highest BCUT2D eigenvalue weighted by Gasteiger charge is 2.17. The number of hydrogen-bond acceptors (Lipinski definition) is 2. The molecule has 0 aliphatic heterocycles. The molecule has 0 heterocycles. The first kappa shape index (κ1) is 13.2. The van der Waals surface area contributed by atoms with Gasteiger partial charge in [-0.05, 0) is 47.0 Å². The average Bonchev–Trinajstić information content (AvgIpc) is 2.37. The van der Waals surface area contributed by atoms with Crippen LogP contribution in [0.15, 0.2) is 42.5 Å². The molecule has 2 aromatic carbocycles. The van der Waals surface area contributed by atoms with Crippen LogP contribution < -0.4 is 0 Å². The summed E-state index contributed by atoms with van der Waals surface area (Å²) in [6.07, 6.45) is -1.82. The Kier molecular flexibility index (Phi) is 3.57. The lowest BCUT2D eigenvalue weighted by molar-refractivity contribution is -0.146. The zero-order chi connectivity index (χ0) is 14.0. The van der Waals surface area contributed by atoms with E-state index in [1.165, 1.54) is 24.3 Å². The second-order valence-corrected chi connectivity index (χ2v) is 4.02. The van der Waals surface area contributed by atoms with Crippen molar-refractivity contribution in [3.63, 3.8) is 0 Å². The molecule has 1 atom stereocenters. The highest BCUT2D eigenvalue weighted by Crippen LogP contribution is 2.25. The Labute approximate surface area is 107 Å². The summed E-state index contributed by atoms with van der Waals surface area (Å²) >= 11 is 0. The molecule has 0 amide bonds. The van der Waals surface area contributed by atoms with E-state index in [9.17, 15) is 18.7 Å². The fourth-order valence-electron chi connectivity index (χ4n) is 1.75. The fraction of sp³-hybridized carbons (Fsp3) is 0.0714. The maximum Gasteiger partial charge on any atom is 0.337 e. The molecule has 98 valence electrons. The summed E-state index contributed by atoms with van der Waals surface area (Å²) in [4.78, 5) is 10.7. The summed E-state index contributed by atoms with van der Waals surface area (Å²) in [5.41, 5.74) is 0.611. The number of carboxylic acids is 1. The maximum atomic E-state index is 13.4. The number of aliphatic hydroxyl groups is 1. The molecule has 0 aliphatic rings. The highest BCUT2D eigenvalue weighted by atomic mass is 19.1. The van der Waals surface area contributed by atoms with Crippen LogP contribution >= 0.6 is 0 Å². The number of carbonyl (C=O) groups is 1. The van der Waals surface area contributed by atoms with Crippen molar-refractivity contribution in [3.8, 4) is 11.1 Å². The third kappa shape index (κ3) is 2.95. The van der Waals surface area contributed by atoms with E-state index in [4.69, 9.17) is 5.11 Å². The van der Waals surface area contributed by atoms with Gasteiger partial charge in [-0.3, -0.25) is 0 Å². The zero-order valence-electron chi connectivity index (χ0n) is 9.68. The van der Waals surface area contributed by atoms with Crippen molar-refractivity contribution in [3.05, 3.63) is 59.7 Å². The molecule has 2 N–H and O–H groups in total. The average molecular weight is 264 g/mol. The summed E-state index contributed by atoms with van der Waals surface area (Å²) in [7, 11) is 0. The quantitative estimate of drug-likeness (QED) is 0.896. The first-order chi connectivity index (χ1) is 8.97. The molecule has 3 nitrogen and oxygen atoms in total. The monoisotopic (exact) mass is 264 g/mol. The summed E-state index contributed by atoms with van der Waals surface area (Å²) in [5, 5.41) is 18.1. The Morgan fingerprint density at radius 1 is 1.00 bits per heavy atom. The van der Waals surface area contributed by atoms with Gasteiger partial charge < -0.3 is 10.2 Å². The number of hydrogen-bond donors (Lipinski definition) is 2. The van der Waals surface area contributed by atoms with Crippen LogP contribution in [-0.4, -0.2) is 16.2 Å². The molecule has 0 saturated carbocycles. The predicted molar refractivity (Wildman–Crippen MR) is 64.4 cm³/mol. The van der Waals surface area contributed by atoms with Gasteiger partial charge in [-0.25, -0.2) is 13.6 Å². The van der Waals surface area contributed by atoms with Crippen LogP contribution in [0.4, 0.5) is 8.78 Å². The minimum Gasteiger partial charge on any atom is -0.479 e. The smallest absolute Gasteiger partial charge is 0.337 e. The van der Waals surface area contributed by atoms with Crippen LogP contribution in [-0.2, 0) is 4.79 Å². The lowest BCUT2D eigenvalue weighted by atomic mass is 10.0. The second-order valence-electron chi connectivity index (χ2n) is 4.02. The number of halogens is 2. The third-order valence-corrected chi connectivity index (χ3v) is 2.63. The first-order valence-electron chi connectivity index (χ1n) is 5.44. The lowest BCUT2D eigenvalue weighted by Crippen LogP contribution is -2.10. The van der Waals surface area contributed by atoms with Crippen molar-refractivity contribution in [2.45, 2.75) is 6.10 Å². The number of aliphatic hydroxyl groups excluding tert-OH is 1. The normalized spacial score (nSPS) is 12.2. The molecule has 2 aromatic rings. The molecule has 0 bridgehead atoms. The van der Waals surface area contributed by atoms with Gasteiger partial charge in [0.25, 0.3) is 0 Å². The largest absolute Gasteiger partial charge is 0.479 e. The predicted octanol–water partition coefficient (Wildman–Crippen LogP) is 2.75. The van der Waals surface area contributed by atoms with Crippen molar-refractivity contribution in [1.29, 1.82) is 0 Å². The van der Waals surface area contributed by atoms with Gasteiger partial charge in [0.05, 0.1) is 0 Å². The van der Waals surface area contributed by atoms with Gasteiger partial charge >= 0.3 is 5.97 Å². The Hall–Kier alpha value is -2.27. The van der Waals surface area contributed by atoms with Crippen LogP contribution in [0.25, 0.3) is 11.1 Å². The number of rotatable bonds is 3. The molecule has 0 radical (unpaired) electrons. The SMILES string of the molecule is O=C(O)C(O)c1cc(F)cc(-c2cccc(F)c2)c1. The molecule has 0 fully saturated rings. The number of aliphatic carboxylic acids is 1. The van der Waals surface area contributed by atoms with Gasteiger partial charge in [0, 0.05) is 0 Å². The Morgan fingerprint density at radius 2 is 1.68 bits per heavy atom. The van der Waals surface area contributed by atoms with E-state index in [1.807, 2.05) is 0 Å². The standard InChI is InChI=1S/C14H10F2O3/c15-11-3-1-2-8(5-11)9-4-10(7-12(16)6-9)13(17)14(18)19/h1-7,13,17H,(H,18,19).